The van der Waals surface area contributed by atoms with Crippen molar-refractivity contribution in [2.24, 2.45) is 0 Å². The monoisotopic (exact) mass is 426 g/mol. The zero-order chi connectivity index (χ0) is 21.1. The first kappa shape index (κ1) is 20.0. The predicted molar refractivity (Wildman–Crippen MR) is 110 cm³/mol. The molecule has 8 heteroatoms. The van der Waals surface area contributed by atoms with Crippen LogP contribution in [0.15, 0.2) is 70.7 Å². The van der Waals surface area contributed by atoms with Gasteiger partial charge in [-0.25, -0.2) is 13.4 Å². The summed E-state index contributed by atoms with van der Waals surface area (Å²) in [6.07, 6.45) is 3.70. The lowest BCUT2D eigenvalue weighted by molar-refractivity contribution is 0.0697. The van der Waals surface area contributed by atoms with E-state index in [9.17, 15) is 18.5 Å². The number of anilines is 1. The molecule has 0 saturated carbocycles. The maximum atomic E-state index is 13.5. The van der Waals surface area contributed by atoms with Crippen LogP contribution in [-0.2, 0) is 10.8 Å². The van der Waals surface area contributed by atoms with Gasteiger partial charge in [-0.15, -0.1) is 0 Å². The van der Waals surface area contributed by atoms with E-state index in [1.165, 1.54) is 36.7 Å². The Balaban J connectivity index is 1.54. The first-order valence-corrected chi connectivity index (χ1v) is 10.5. The fourth-order valence-electron chi connectivity index (χ4n) is 3.44. The van der Waals surface area contributed by atoms with Crippen LogP contribution in [0.1, 0.15) is 28.3 Å². The van der Waals surface area contributed by atoms with Crippen molar-refractivity contribution in [1.29, 1.82) is 0 Å². The number of halogens is 1. The SMILES string of the molecule is O=C(O)c1ccncc1NC[C@@H]1CCOc2cc(S(=O)c3cccc(F)c3)ccc21. The number of carbonyl (C=O) groups is 1. The number of carboxylic acid groups (broad SMARTS) is 1. The Kier molecular flexibility index (Phi) is 5.76. The molecule has 30 heavy (non-hydrogen) atoms. The minimum atomic E-state index is -1.52. The van der Waals surface area contributed by atoms with Crippen LogP contribution < -0.4 is 10.1 Å². The second kappa shape index (κ2) is 8.62. The topological polar surface area (TPSA) is 88.5 Å². The quantitative estimate of drug-likeness (QED) is 0.618. The molecule has 0 spiro atoms. The van der Waals surface area contributed by atoms with Crippen molar-refractivity contribution in [3.8, 4) is 5.75 Å². The Morgan fingerprint density at radius 3 is 2.87 bits per heavy atom. The lowest BCUT2D eigenvalue weighted by Gasteiger charge is -2.27. The number of benzene rings is 2. The number of aromatic nitrogens is 1. The summed E-state index contributed by atoms with van der Waals surface area (Å²) in [7, 11) is -1.52. The van der Waals surface area contributed by atoms with Crippen LogP contribution in [0.3, 0.4) is 0 Å². The zero-order valence-corrected chi connectivity index (χ0v) is 16.7. The van der Waals surface area contributed by atoms with Crippen LogP contribution in [0.4, 0.5) is 10.1 Å². The summed E-state index contributed by atoms with van der Waals surface area (Å²) in [6.45, 7) is 1.00. The summed E-state index contributed by atoms with van der Waals surface area (Å²) < 4.78 is 32.0. The first-order valence-electron chi connectivity index (χ1n) is 9.38. The van der Waals surface area contributed by atoms with Crippen molar-refractivity contribution in [3.05, 3.63) is 77.9 Å². The van der Waals surface area contributed by atoms with Gasteiger partial charge in [-0.2, -0.15) is 0 Å². The lowest BCUT2D eigenvalue weighted by Crippen LogP contribution is -2.21. The second-order valence-electron chi connectivity index (χ2n) is 6.87. The highest BCUT2D eigenvalue weighted by Crippen LogP contribution is 2.36. The Hall–Kier alpha value is -3.26. The third kappa shape index (κ3) is 4.18. The number of hydrogen-bond donors (Lipinski definition) is 2. The average Bonchev–Trinajstić information content (AvgIpc) is 2.76. The van der Waals surface area contributed by atoms with Gasteiger partial charge in [-0.1, -0.05) is 12.1 Å². The highest BCUT2D eigenvalue weighted by atomic mass is 32.2. The summed E-state index contributed by atoms with van der Waals surface area (Å²) in [5.41, 5.74) is 1.58. The van der Waals surface area contributed by atoms with E-state index in [1.807, 2.05) is 6.07 Å². The number of ether oxygens (including phenoxy) is 1. The van der Waals surface area contributed by atoms with Crippen LogP contribution in [0.2, 0.25) is 0 Å². The van der Waals surface area contributed by atoms with Gasteiger partial charge in [0.1, 0.15) is 11.6 Å². The molecule has 3 aromatic rings. The van der Waals surface area contributed by atoms with Gasteiger partial charge in [0.25, 0.3) is 0 Å². The number of aromatic carboxylic acids is 1. The molecule has 4 rings (SSSR count). The molecule has 0 saturated heterocycles. The largest absolute Gasteiger partial charge is 0.493 e. The van der Waals surface area contributed by atoms with Gasteiger partial charge in [0.2, 0.25) is 0 Å². The van der Waals surface area contributed by atoms with Gasteiger partial charge in [-0.3, -0.25) is 4.98 Å². The summed E-state index contributed by atoms with van der Waals surface area (Å²) in [4.78, 5) is 16.3. The Morgan fingerprint density at radius 1 is 1.23 bits per heavy atom. The molecule has 0 radical (unpaired) electrons. The van der Waals surface area contributed by atoms with Crippen molar-refractivity contribution in [3.63, 3.8) is 0 Å². The molecule has 1 aliphatic heterocycles. The minimum Gasteiger partial charge on any atom is -0.493 e. The zero-order valence-electron chi connectivity index (χ0n) is 15.9. The van der Waals surface area contributed by atoms with Crippen molar-refractivity contribution >= 4 is 22.5 Å². The van der Waals surface area contributed by atoms with Gasteiger partial charge in [0.05, 0.1) is 34.9 Å². The first-order chi connectivity index (χ1) is 14.5. The van der Waals surface area contributed by atoms with Gasteiger partial charge in [0, 0.05) is 28.5 Å². The fraction of sp³-hybridized carbons (Fsp3) is 0.182. The molecule has 2 N–H and O–H groups in total. The second-order valence-corrected chi connectivity index (χ2v) is 8.35. The van der Waals surface area contributed by atoms with E-state index in [0.29, 0.717) is 34.4 Å². The van der Waals surface area contributed by atoms with Gasteiger partial charge in [0.15, 0.2) is 0 Å². The van der Waals surface area contributed by atoms with Gasteiger partial charge in [-0.05, 0) is 48.4 Å². The van der Waals surface area contributed by atoms with Crippen molar-refractivity contribution in [2.75, 3.05) is 18.5 Å². The van der Waals surface area contributed by atoms with E-state index in [1.54, 1.807) is 18.2 Å². The smallest absolute Gasteiger partial charge is 0.337 e. The maximum Gasteiger partial charge on any atom is 0.337 e. The van der Waals surface area contributed by atoms with E-state index in [0.717, 1.165) is 12.0 Å². The number of pyridine rings is 1. The third-order valence-electron chi connectivity index (χ3n) is 4.96. The lowest BCUT2D eigenvalue weighted by atomic mass is 9.93. The maximum absolute atomic E-state index is 13.5. The van der Waals surface area contributed by atoms with Crippen molar-refractivity contribution in [1.82, 2.24) is 4.98 Å². The average molecular weight is 426 g/mol. The van der Waals surface area contributed by atoms with Crippen molar-refractivity contribution in [2.45, 2.75) is 22.1 Å². The number of rotatable bonds is 6. The minimum absolute atomic E-state index is 0.0901. The Labute approximate surface area is 175 Å². The number of nitrogens with one attached hydrogen (secondary N) is 1. The molecule has 1 aromatic heterocycles. The highest BCUT2D eigenvalue weighted by Gasteiger charge is 2.23. The van der Waals surface area contributed by atoms with Crippen LogP contribution in [0, 0.1) is 5.82 Å². The van der Waals surface area contributed by atoms with Crippen LogP contribution in [-0.4, -0.2) is 33.4 Å². The molecule has 0 amide bonds. The normalized spacial score (nSPS) is 16.2. The van der Waals surface area contributed by atoms with Gasteiger partial charge >= 0.3 is 5.97 Å². The highest BCUT2D eigenvalue weighted by molar-refractivity contribution is 7.85. The van der Waals surface area contributed by atoms with E-state index in [-0.39, 0.29) is 11.5 Å². The predicted octanol–water partition coefficient (Wildman–Crippen LogP) is 4.06. The van der Waals surface area contributed by atoms with Crippen LogP contribution in [0.5, 0.6) is 5.75 Å². The number of hydrogen-bond acceptors (Lipinski definition) is 5. The third-order valence-corrected chi connectivity index (χ3v) is 6.33. The molecule has 1 unspecified atom stereocenters. The molecular formula is C22H19FN2O4S. The molecule has 1 aliphatic rings. The summed E-state index contributed by atoms with van der Waals surface area (Å²) in [5, 5.41) is 12.5. The number of fused-ring (bicyclic) bond motifs is 1. The van der Waals surface area contributed by atoms with Crippen LogP contribution >= 0.6 is 0 Å². The number of nitrogens with zero attached hydrogens (tertiary/aromatic N) is 1. The molecule has 2 aromatic carbocycles. The summed E-state index contributed by atoms with van der Waals surface area (Å²) in [6, 6.07) is 12.5. The van der Waals surface area contributed by atoms with Crippen LogP contribution in [0.25, 0.3) is 0 Å². The molecule has 154 valence electrons. The fourth-order valence-corrected chi connectivity index (χ4v) is 4.54. The van der Waals surface area contributed by atoms with E-state index in [2.05, 4.69) is 10.3 Å². The molecule has 2 heterocycles. The Morgan fingerprint density at radius 2 is 2.07 bits per heavy atom. The number of carboxylic acids is 1. The molecule has 0 aliphatic carbocycles. The molecule has 6 nitrogen and oxygen atoms in total. The summed E-state index contributed by atoms with van der Waals surface area (Å²) in [5.74, 6) is -0.721. The molecule has 0 fully saturated rings. The molecule has 0 bridgehead atoms. The molecule has 2 atom stereocenters. The van der Waals surface area contributed by atoms with Gasteiger partial charge < -0.3 is 15.2 Å². The Bertz CT molecular complexity index is 1120. The standard InChI is InChI=1S/C22H19FN2O4S/c23-15-2-1-3-16(10-15)30(28)17-4-5-18-14(7-9-29-21(18)11-17)12-25-20-13-24-8-6-19(20)22(26)27/h1-6,8,10-11,13-14,25H,7,9,12H2,(H,26,27)/t14-,30?/m0/s1. The molecular weight excluding hydrogens is 407 g/mol. The van der Waals surface area contributed by atoms with E-state index < -0.39 is 22.6 Å². The van der Waals surface area contributed by atoms with E-state index in [4.69, 9.17) is 4.74 Å². The van der Waals surface area contributed by atoms with Crippen molar-refractivity contribution < 1.29 is 23.2 Å². The van der Waals surface area contributed by atoms with E-state index >= 15 is 0 Å². The summed E-state index contributed by atoms with van der Waals surface area (Å²) >= 11 is 0.